The van der Waals surface area contributed by atoms with E-state index in [0.29, 0.717) is 18.7 Å². The third-order valence-corrected chi connectivity index (χ3v) is 5.70. The predicted molar refractivity (Wildman–Crippen MR) is 108 cm³/mol. The van der Waals surface area contributed by atoms with Crippen LogP contribution in [-0.2, 0) is 11.3 Å². The molecule has 2 aromatic heterocycles. The summed E-state index contributed by atoms with van der Waals surface area (Å²) in [5.74, 6) is -0.275. The Hall–Kier alpha value is -2.54. The number of carbonyl (C=O) groups excluding carboxylic acids is 2. The molecule has 1 aliphatic heterocycles. The summed E-state index contributed by atoms with van der Waals surface area (Å²) in [5, 5.41) is 0. The van der Waals surface area contributed by atoms with E-state index in [2.05, 4.69) is 9.55 Å². The van der Waals surface area contributed by atoms with Crippen LogP contribution in [0.2, 0.25) is 0 Å². The average molecular weight is 386 g/mol. The summed E-state index contributed by atoms with van der Waals surface area (Å²) in [6.45, 7) is 6.90. The third-order valence-electron chi connectivity index (χ3n) is 5.70. The van der Waals surface area contributed by atoms with E-state index in [9.17, 15) is 9.59 Å². The molecule has 0 aromatic carbocycles. The van der Waals surface area contributed by atoms with Gasteiger partial charge in [0.2, 0.25) is 0 Å². The number of methoxy groups -OCH3 is 1. The molecule has 28 heavy (non-hydrogen) atoms. The molecule has 2 aromatic rings. The molecule has 0 spiro atoms. The molecule has 7 heteroatoms. The lowest BCUT2D eigenvalue weighted by atomic mass is 9.92. The molecular weight excluding hydrogens is 356 g/mol. The van der Waals surface area contributed by atoms with Crippen LogP contribution in [0.4, 0.5) is 0 Å². The number of H-pyrrole nitrogens is 1. The standard InChI is InChI=1S/C21H30N4O3/c1-14-12-18(15(2)25(14)10-5-11-28-3)21(27)24-9-4-6-16(13-24)19-17(20(22)26)7-8-23-19/h7-8,12,16,23H,4-6,9-11,13H2,1-3H3,(H2,22,26). The van der Waals surface area contributed by atoms with E-state index in [0.717, 1.165) is 55.0 Å². The fourth-order valence-corrected chi connectivity index (χ4v) is 4.23. The zero-order chi connectivity index (χ0) is 20.3. The summed E-state index contributed by atoms with van der Waals surface area (Å²) in [4.78, 5) is 30.0. The molecule has 1 fully saturated rings. The van der Waals surface area contributed by atoms with Crippen LogP contribution in [0.1, 0.15) is 63.0 Å². The minimum atomic E-state index is -0.431. The van der Waals surface area contributed by atoms with Crippen molar-refractivity contribution in [3.63, 3.8) is 0 Å². The summed E-state index contributed by atoms with van der Waals surface area (Å²) in [5.41, 5.74) is 9.70. The second-order valence-corrected chi connectivity index (χ2v) is 7.54. The Kier molecular flexibility index (Phi) is 6.24. The summed E-state index contributed by atoms with van der Waals surface area (Å²) in [7, 11) is 1.70. The minimum absolute atomic E-state index is 0.0583. The van der Waals surface area contributed by atoms with Gasteiger partial charge in [-0.1, -0.05) is 0 Å². The molecular formula is C21H30N4O3. The van der Waals surface area contributed by atoms with Gasteiger partial charge in [0.25, 0.3) is 11.8 Å². The van der Waals surface area contributed by atoms with Crippen molar-refractivity contribution in [1.29, 1.82) is 0 Å². The quantitative estimate of drug-likeness (QED) is 0.716. The molecule has 0 radical (unpaired) electrons. The minimum Gasteiger partial charge on any atom is -0.385 e. The lowest BCUT2D eigenvalue weighted by Crippen LogP contribution is -2.39. The zero-order valence-electron chi connectivity index (χ0n) is 17.0. The van der Waals surface area contributed by atoms with Gasteiger partial charge in [0, 0.05) is 62.5 Å². The summed E-state index contributed by atoms with van der Waals surface area (Å²) in [6.07, 6.45) is 4.49. The maximum absolute atomic E-state index is 13.2. The lowest BCUT2D eigenvalue weighted by molar-refractivity contribution is 0.0705. The molecule has 2 amide bonds. The number of carbonyl (C=O) groups is 2. The van der Waals surface area contributed by atoms with Gasteiger partial charge in [-0.2, -0.15) is 0 Å². The van der Waals surface area contributed by atoms with Gasteiger partial charge in [-0.15, -0.1) is 0 Å². The van der Waals surface area contributed by atoms with Crippen molar-refractivity contribution in [3.8, 4) is 0 Å². The largest absolute Gasteiger partial charge is 0.385 e. The van der Waals surface area contributed by atoms with Crippen molar-refractivity contribution in [2.24, 2.45) is 5.73 Å². The molecule has 1 aliphatic rings. The van der Waals surface area contributed by atoms with E-state index in [4.69, 9.17) is 10.5 Å². The number of nitrogens with two attached hydrogens (primary N) is 1. The summed E-state index contributed by atoms with van der Waals surface area (Å²) >= 11 is 0. The first kappa shape index (κ1) is 20.2. The predicted octanol–water partition coefficient (Wildman–Crippen LogP) is 2.59. The first-order chi connectivity index (χ1) is 13.4. The Morgan fingerprint density at radius 3 is 2.82 bits per heavy atom. The number of ether oxygens (including phenoxy) is 1. The van der Waals surface area contributed by atoms with Crippen LogP contribution in [0.5, 0.6) is 0 Å². The van der Waals surface area contributed by atoms with E-state index < -0.39 is 5.91 Å². The van der Waals surface area contributed by atoms with Gasteiger partial charge in [-0.25, -0.2) is 0 Å². The van der Waals surface area contributed by atoms with Crippen LogP contribution in [-0.4, -0.2) is 53.1 Å². The molecule has 0 bridgehead atoms. The first-order valence-corrected chi connectivity index (χ1v) is 9.86. The Labute approximate surface area is 165 Å². The van der Waals surface area contributed by atoms with Gasteiger partial charge in [-0.3, -0.25) is 9.59 Å². The second kappa shape index (κ2) is 8.65. The number of likely N-dealkylation sites (tertiary alicyclic amines) is 1. The molecule has 1 unspecified atom stereocenters. The number of amides is 2. The lowest BCUT2D eigenvalue weighted by Gasteiger charge is -2.33. The van der Waals surface area contributed by atoms with Crippen molar-refractivity contribution < 1.29 is 14.3 Å². The fourth-order valence-electron chi connectivity index (χ4n) is 4.23. The molecule has 0 saturated carbocycles. The normalized spacial score (nSPS) is 17.1. The van der Waals surface area contributed by atoms with Crippen LogP contribution in [0.25, 0.3) is 0 Å². The molecule has 7 nitrogen and oxygen atoms in total. The van der Waals surface area contributed by atoms with Crippen molar-refractivity contribution in [2.45, 2.75) is 45.6 Å². The monoisotopic (exact) mass is 386 g/mol. The van der Waals surface area contributed by atoms with Gasteiger partial charge in [0.15, 0.2) is 0 Å². The number of rotatable bonds is 7. The third kappa shape index (κ3) is 3.99. The van der Waals surface area contributed by atoms with Crippen LogP contribution < -0.4 is 5.73 Å². The first-order valence-electron chi connectivity index (χ1n) is 9.86. The SMILES string of the molecule is COCCCn1c(C)cc(C(=O)N2CCCC(c3[nH]ccc3C(N)=O)C2)c1C. The molecule has 1 atom stereocenters. The maximum Gasteiger partial charge on any atom is 0.255 e. The van der Waals surface area contributed by atoms with Crippen molar-refractivity contribution in [3.05, 3.63) is 46.5 Å². The highest BCUT2D eigenvalue weighted by Crippen LogP contribution is 2.29. The van der Waals surface area contributed by atoms with Gasteiger partial charge in [-0.05, 0) is 45.2 Å². The van der Waals surface area contributed by atoms with E-state index in [1.54, 1.807) is 19.4 Å². The Balaban J connectivity index is 1.76. The Morgan fingerprint density at radius 2 is 2.11 bits per heavy atom. The van der Waals surface area contributed by atoms with Crippen molar-refractivity contribution in [2.75, 3.05) is 26.8 Å². The van der Waals surface area contributed by atoms with Crippen molar-refractivity contribution in [1.82, 2.24) is 14.5 Å². The summed E-state index contributed by atoms with van der Waals surface area (Å²) < 4.78 is 7.33. The molecule has 3 rings (SSSR count). The number of nitrogens with one attached hydrogen (secondary N) is 1. The highest BCUT2D eigenvalue weighted by atomic mass is 16.5. The van der Waals surface area contributed by atoms with Crippen LogP contribution in [0.3, 0.4) is 0 Å². The number of hydrogen-bond donors (Lipinski definition) is 2. The van der Waals surface area contributed by atoms with Gasteiger partial charge >= 0.3 is 0 Å². The van der Waals surface area contributed by atoms with Crippen LogP contribution in [0, 0.1) is 13.8 Å². The Bertz CT molecular complexity index is 852. The molecule has 1 saturated heterocycles. The number of nitrogens with zero attached hydrogens (tertiary/aromatic N) is 2. The van der Waals surface area contributed by atoms with Gasteiger partial charge in [0.1, 0.15) is 0 Å². The average Bonchev–Trinajstić information content (AvgIpc) is 3.28. The zero-order valence-corrected chi connectivity index (χ0v) is 17.0. The van der Waals surface area contributed by atoms with E-state index >= 15 is 0 Å². The van der Waals surface area contributed by atoms with E-state index in [-0.39, 0.29) is 11.8 Å². The molecule has 3 N–H and O–H groups in total. The maximum atomic E-state index is 13.2. The highest BCUT2D eigenvalue weighted by molar-refractivity contribution is 5.96. The number of aromatic amines is 1. The molecule has 152 valence electrons. The number of primary amides is 1. The number of aromatic nitrogens is 2. The topological polar surface area (TPSA) is 93.3 Å². The molecule has 0 aliphatic carbocycles. The summed E-state index contributed by atoms with van der Waals surface area (Å²) in [6, 6.07) is 3.70. The highest BCUT2D eigenvalue weighted by Gasteiger charge is 2.30. The number of aryl methyl sites for hydroxylation is 1. The van der Waals surface area contributed by atoms with Crippen LogP contribution >= 0.6 is 0 Å². The van der Waals surface area contributed by atoms with E-state index in [1.807, 2.05) is 24.8 Å². The molecule has 3 heterocycles. The fraction of sp³-hybridized carbons (Fsp3) is 0.524. The Morgan fingerprint density at radius 1 is 1.32 bits per heavy atom. The van der Waals surface area contributed by atoms with Crippen LogP contribution in [0.15, 0.2) is 18.3 Å². The smallest absolute Gasteiger partial charge is 0.255 e. The number of hydrogen-bond acceptors (Lipinski definition) is 3. The van der Waals surface area contributed by atoms with Crippen molar-refractivity contribution >= 4 is 11.8 Å². The number of piperidine rings is 1. The van der Waals surface area contributed by atoms with Gasteiger partial charge in [0.05, 0.1) is 11.1 Å². The van der Waals surface area contributed by atoms with E-state index in [1.165, 1.54) is 0 Å². The van der Waals surface area contributed by atoms with Gasteiger partial charge < -0.3 is 24.9 Å². The second-order valence-electron chi connectivity index (χ2n) is 7.54.